The van der Waals surface area contributed by atoms with Crippen molar-refractivity contribution in [3.05, 3.63) is 0 Å². The second-order valence-electron chi connectivity index (χ2n) is 5.99. The van der Waals surface area contributed by atoms with Crippen molar-refractivity contribution in [3.63, 3.8) is 0 Å². The highest BCUT2D eigenvalue weighted by atomic mass is 19.4. The molecule has 0 radical (unpaired) electrons. The zero-order valence-electron chi connectivity index (χ0n) is 12.0. The van der Waals surface area contributed by atoms with Crippen molar-refractivity contribution in [2.45, 2.75) is 44.6 Å². The van der Waals surface area contributed by atoms with E-state index >= 15 is 0 Å². The number of hydrogen-bond donors (Lipinski definition) is 1. The van der Waals surface area contributed by atoms with Gasteiger partial charge < -0.3 is 19.5 Å². The van der Waals surface area contributed by atoms with Crippen molar-refractivity contribution in [2.75, 3.05) is 19.7 Å². The van der Waals surface area contributed by atoms with Gasteiger partial charge in [-0.05, 0) is 20.8 Å². The highest BCUT2D eigenvalue weighted by Gasteiger charge is 2.50. The van der Waals surface area contributed by atoms with Crippen LogP contribution in [0.1, 0.15) is 27.2 Å². The zero-order valence-corrected chi connectivity index (χ0v) is 12.0. The third kappa shape index (κ3) is 5.78. The lowest BCUT2D eigenvalue weighted by Gasteiger charge is -2.48. The van der Waals surface area contributed by atoms with Crippen molar-refractivity contribution in [1.29, 1.82) is 0 Å². The molecule has 1 rings (SSSR count). The van der Waals surface area contributed by atoms with Crippen LogP contribution in [0.2, 0.25) is 0 Å². The second-order valence-corrected chi connectivity index (χ2v) is 5.99. The van der Waals surface area contributed by atoms with Crippen LogP contribution in [-0.4, -0.2) is 59.1 Å². The number of carboxylic acids is 1. The first-order chi connectivity index (χ1) is 9.32. The summed E-state index contributed by atoms with van der Waals surface area (Å²) in [4.78, 5) is 23.6. The highest BCUT2D eigenvalue weighted by molar-refractivity contribution is 5.72. The Morgan fingerprint density at radius 3 is 2.14 bits per heavy atom. The molecule has 0 aromatic carbocycles. The van der Waals surface area contributed by atoms with E-state index in [1.54, 1.807) is 20.8 Å². The Balaban J connectivity index is 2.61. The standard InChI is InChI=1S/C12H18F3NO5/c1-10(2,3)21-9(19)16-5-11(6-16,4-8(17)18)20-7-12(13,14)15/h4-7H2,1-3H3,(H,17,18). The Morgan fingerprint density at radius 2 is 1.76 bits per heavy atom. The van der Waals surface area contributed by atoms with Gasteiger partial charge in [-0.25, -0.2) is 4.79 Å². The van der Waals surface area contributed by atoms with Crippen LogP contribution in [0.25, 0.3) is 0 Å². The average molecular weight is 313 g/mol. The molecule has 0 atom stereocenters. The lowest BCUT2D eigenvalue weighted by molar-refractivity contribution is -0.231. The Bertz CT molecular complexity index is 410. The van der Waals surface area contributed by atoms with Crippen molar-refractivity contribution in [3.8, 4) is 0 Å². The van der Waals surface area contributed by atoms with Crippen molar-refractivity contribution >= 4 is 12.1 Å². The molecule has 1 amide bonds. The third-order valence-corrected chi connectivity index (χ3v) is 2.63. The molecule has 0 saturated carbocycles. The summed E-state index contributed by atoms with van der Waals surface area (Å²) in [6.07, 6.45) is -5.88. The summed E-state index contributed by atoms with van der Waals surface area (Å²) in [6, 6.07) is 0. The van der Waals surface area contributed by atoms with E-state index in [1.165, 1.54) is 0 Å². The zero-order chi connectivity index (χ0) is 16.5. The molecular formula is C12H18F3NO5. The van der Waals surface area contributed by atoms with E-state index in [-0.39, 0.29) is 13.1 Å². The molecule has 1 fully saturated rings. The smallest absolute Gasteiger partial charge is 0.411 e. The van der Waals surface area contributed by atoms with Gasteiger partial charge in [-0.3, -0.25) is 4.79 Å². The maximum Gasteiger partial charge on any atom is 0.411 e. The number of carbonyl (C=O) groups excluding carboxylic acids is 1. The first-order valence-electron chi connectivity index (χ1n) is 6.22. The van der Waals surface area contributed by atoms with Gasteiger partial charge in [-0.1, -0.05) is 0 Å². The lowest BCUT2D eigenvalue weighted by atomic mass is 9.90. The van der Waals surface area contributed by atoms with E-state index in [2.05, 4.69) is 0 Å². The Morgan fingerprint density at radius 1 is 1.24 bits per heavy atom. The summed E-state index contributed by atoms with van der Waals surface area (Å²) in [5.41, 5.74) is -2.26. The first kappa shape index (κ1) is 17.5. The minimum absolute atomic E-state index is 0.246. The van der Waals surface area contributed by atoms with Gasteiger partial charge in [0.15, 0.2) is 0 Å². The first-order valence-corrected chi connectivity index (χ1v) is 6.22. The van der Waals surface area contributed by atoms with E-state index in [0.717, 1.165) is 4.90 Å². The number of aliphatic carboxylic acids is 1. The molecule has 1 aliphatic heterocycles. The Hall–Kier alpha value is -1.51. The largest absolute Gasteiger partial charge is 0.481 e. The maximum atomic E-state index is 12.2. The van der Waals surface area contributed by atoms with Crippen LogP contribution in [0.3, 0.4) is 0 Å². The number of halogens is 3. The van der Waals surface area contributed by atoms with Crippen LogP contribution in [0.4, 0.5) is 18.0 Å². The topological polar surface area (TPSA) is 76.1 Å². The van der Waals surface area contributed by atoms with Gasteiger partial charge in [0.1, 0.15) is 17.8 Å². The number of alkyl halides is 3. The van der Waals surface area contributed by atoms with Crippen LogP contribution in [0.15, 0.2) is 0 Å². The quantitative estimate of drug-likeness (QED) is 0.859. The van der Waals surface area contributed by atoms with Gasteiger partial charge in [0, 0.05) is 0 Å². The van der Waals surface area contributed by atoms with E-state index in [1.807, 2.05) is 0 Å². The summed E-state index contributed by atoms with van der Waals surface area (Å²) >= 11 is 0. The number of nitrogens with zero attached hydrogens (tertiary/aromatic N) is 1. The average Bonchev–Trinajstić information content (AvgIpc) is 2.16. The predicted octanol–water partition coefficient (Wildman–Crippen LogP) is 2.03. The molecule has 21 heavy (non-hydrogen) atoms. The Kier molecular flexibility index (Phi) is 4.76. The van der Waals surface area contributed by atoms with Crippen molar-refractivity contribution < 1.29 is 37.3 Å². The number of ether oxygens (including phenoxy) is 2. The summed E-state index contributed by atoms with van der Waals surface area (Å²) in [6.45, 7) is 2.90. The summed E-state index contributed by atoms with van der Waals surface area (Å²) in [7, 11) is 0. The predicted molar refractivity (Wildman–Crippen MR) is 64.8 cm³/mol. The second kappa shape index (κ2) is 5.70. The number of hydrogen-bond acceptors (Lipinski definition) is 4. The molecule has 9 heteroatoms. The molecule has 1 heterocycles. The van der Waals surface area contributed by atoms with Gasteiger partial charge in [0.2, 0.25) is 0 Å². The van der Waals surface area contributed by atoms with Crippen LogP contribution >= 0.6 is 0 Å². The summed E-state index contributed by atoms with van der Waals surface area (Å²) in [5.74, 6) is -1.29. The summed E-state index contributed by atoms with van der Waals surface area (Å²) in [5, 5.41) is 8.76. The number of likely N-dealkylation sites (tertiary alicyclic amines) is 1. The Labute approximate surface area is 119 Å². The molecule has 0 aromatic heterocycles. The highest BCUT2D eigenvalue weighted by Crippen LogP contribution is 2.32. The number of carbonyl (C=O) groups is 2. The van der Waals surface area contributed by atoms with E-state index in [9.17, 15) is 22.8 Å². The van der Waals surface area contributed by atoms with Gasteiger partial charge in [0.25, 0.3) is 0 Å². The van der Waals surface area contributed by atoms with E-state index in [4.69, 9.17) is 14.6 Å². The lowest BCUT2D eigenvalue weighted by Crippen LogP contribution is -2.66. The molecule has 1 N–H and O–H groups in total. The molecule has 6 nitrogen and oxygen atoms in total. The molecule has 122 valence electrons. The minimum atomic E-state index is -4.56. The van der Waals surface area contributed by atoms with Crippen molar-refractivity contribution in [1.82, 2.24) is 4.90 Å². The van der Waals surface area contributed by atoms with E-state index < -0.39 is 42.5 Å². The van der Waals surface area contributed by atoms with Gasteiger partial charge >= 0.3 is 18.2 Å². The van der Waals surface area contributed by atoms with Gasteiger partial charge in [-0.2, -0.15) is 13.2 Å². The monoisotopic (exact) mass is 313 g/mol. The van der Waals surface area contributed by atoms with Gasteiger partial charge in [0.05, 0.1) is 19.5 Å². The maximum absolute atomic E-state index is 12.2. The van der Waals surface area contributed by atoms with Gasteiger partial charge in [-0.15, -0.1) is 0 Å². The molecule has 0 spiro atoms. The molecule has 0 unspecified atom stereocenters. The fourth-order valence-corrected chi connectivity index (χ4v) is 1.87. The molecular weight excluding hydrogens is 295 g/mol. The molecule has 0 aromatic rings. The molecule has 1 saturated heterocycles. The molecule has 0 bridgehead atoms. The van der Waals surface area contributed by atoms with Crippen LogP contribution < -0.4 is 0 Å². The molecule has 0 aliphatic carbocycles. The van der Waals surface area contributed by atoms with Crippen LogP contribution in [-0.2, 0) is 14.3 Å². The third-order valence-electron chi connectivity index (χ3n) is 2.63. The van der Waals surface area contributed by atoms with Crippen LogP contribution in [0.5, 0.6) is 0 Å². The minimum Gasteiger partial charge on any atom is -0.481 e. The van der Waals surface area contributed by atoms with Crippen molar-refractivity contribution in [2.24, 2.45) is 0 Å². The number of rotatable bonds is 4. The van der Waals surface area contributed by atoms with Crippen LogP contribution in [0, 0.1) is 0 Å². The normalized spacial score (nSPS) is 18.1. The fraction of sp³-hybridized carbons (Fsp3) is 0.833. The fourth-order valence-electron chi connectivity index (χ4n) is 1.87. The molecule has 1 aliphatic rings. The van der Waals surface area contributed by atoms with E-state index in [0.29, 0.717) is 0 Å². The SMILES string of the molecule is CC(C)(C)OC(=O)N1CC(CC(=O)O)(OCC(F)(F)F)C1. The summed E-state index contributed by atoms with van der Waals surface area (Å²) < 4.78 is 46.3. The number of carboxylic acid groups (broad SMARTS) is 1. The number of amides is 1.